The lowest BCUT2D eigenvalue weighted by molar-refractivity contribution is 0.332. The number of aryl methyl sites for hydroxylation is 1. The van der Waals surface area contributed by atoms with Crippen molar-refractivity contribution >= 4 is 56.1 Å². The quantitative estimate of drug-likeness (QED) is 0.172. The van der Waals surface area contributed by atoms with E-state index in [1.807, 2.05) is 0 Å². The van der Waals surface area contributed by atoms with Gasteiger partial charge in [-0.3, -0.25) is 0 Å². The molecule has 1 aromatic heterocycles. The molecule has 1 unspecified atom stereocenters. The van der Waals surface area contributed by atoms with Crippen molar-refractivity contribution in [1.82, 2.24) is 0 Å². The molecular formula is C65H64N2O. The molecule has 0 N–H and O–H groups in total. The fourth-order valence-corrected chi connectivity index (χ4v) is 13.7. The predicted octanol–water partition coefficient (Wildman–Crippen LogP) is 17.5. The summed E-state index contributed by atoms with van der Waals surface area (Å²) in [5.41, 5.74) is 27.4. The van der Waals surface area contributed by atoms with Crippen molar-refractivity contribution < 1.29 is 4.42 Å². The third-order valence-corrected chi connectivity index (χ3v) is 17.6. The molecule has 0 bridgehead atoms. The van der Waals surface area contributed by atoms with E-state index in [1.54, 1.807) is 0 Å². The van der Waals surface area contributed by atoms with Crippen LogP contribution >= 0.6 is 0 Å². The molecule has 0 fully saturated rings. The Morgan fingerprint density at radius 1 is 0.544 bits per heavy atom. The molecule has 0 radical (unpaired) electrons. The van der Waals surface area contributed by atoms with Gasteiger partial charge in [0.1, 0.15) is 5.58 Å². The monoisotopic (exact) mass is 889 g/mol. The molecule has 1 atom stereocenters. The van der Waals surface area contributed by atoms with Crippen LogP contribution in [0.15, 0.2) is 137 Å². The van der Waals surface area contributed by atoms with Gasteiger partial charge in [0.05, 0.1) is 28.4 Å². The Hall–Kier alpha value is -6.32. The van der Waals surface area contributed by atoms with E-state index in [-0.39, 0.29) is 33.0 Å². The van der Waals surface area contributed by atoms with Gasteiger partial charge in [0.2, 0.25) is 0 Å². The fourth-order valence-electron chi connectivity index (χ4n) is 13.7. The highest BCUT2D eigenvalue weighted by atomic mass is 16.3. The highest BCUT2D eigenvalue weighted by Crippen LogP contribution is 2.65. The van der Waals surface area contributed by atoms with Crippen molar-refractivity contribution in [2.24, 2.45) is 0 Å². The molecule has 8 aromatic rings. The van der Waals surface area contributed by atoms with Gasteiger partial charge in [0.15, 0.2) is 5.58 Å². The van der Waals surface area contributed by atoms with E-state index in [0.29, 0.717) is 0 Å². The maximum Gasteiger partial charge on any atom is 0.159 e. The van der Waals surface area contributed by atoms with Crippen molar-refractivity contribution in [3.05, 3.63) is 200 Å². The third-order valence-electron chi connectivity index (χ3n) is 17.6. The number of fused-ring (bicyclic) bond motifs is 11. The topological polar surface area (TPSA) is 19.6 Å². The van der Waals surface area contributed by atoms with Crippen LogP contribution in [0.4, 0.5) is 28.4 Å². The summed E-state index contributed by atoms with van der Waals surface area (Å²) in [6, 6.07) is 49.7. The van der Waals surface area contributed by atoms with Gasteiger partial charge in [-0.1, -0.05) is 155 Å². The minimum Gasteiger partial charge on any atom is -0.454 e. The average Bonchev–Trinajstić information content (AvgIpc) is 3.88. The number of hydrogen-bond acceptors (Lipinski definition) is 3. The molecule has 5 aliphatic rings. The Morgan fingerprint density at radius 3 is 1.91 bits per heavy atom. The lowest BCUT2D eigenvalue weighted by atomic mass is 9.59. The fraction of sp³-hybridized carbons (Fsp3) is 0.323. The molecule has 2 aliphatic heterocycles. The highest BCUT2D eigenvalue weighted by Gasteiger charge is 2.49. The van der Waals surface area contributed by atoms with Crippen molar-refractivity contribution in [1.29, 1.82) is 0 Å². The van der Waals surface area contributed by atoms with Gasteiger partial charge >= 0.3 is 0 Å². The summed E-state index contributed by atoms with van der Waals surface area (Å²) < 4.78 is 7.00. The number of allylic oxidation sites excluding steroid dienone is 1. The van der Waals surface area contributed by atoms with Crippen LogP contribution in [0, 0.1) is 6.92 Å². The van der Waals surface area contributed by atoms with E-state index >= 15 is 0 Å². The largest absolute Gasteiger partial charge is 0.454 e. The van der Waals surface area contributed by atoms with Gasteiger partial charge in [-0.25, -0.2) is 0 Å². The Kier molecular flexibility index (Phi) is 8.29. The van der Waals surface area contributed by atoms with E-state index < -0.39 is 0 Å². The summed E-state index contributed by atoms with van der Waals surface area (Å²) in [7, 11) is 0. The Balaban J connectivity index is 1.16. The first kappa shape index (κ1) is 41.8. The maximum atomic E-state index is 7.00. The number of rotatable bonds is 2. The summed E-state index contributed by atoms with van der Waals surface area (Å²) in [6.45, 7) is 29.0. The van der Waals surface area contributed by atoms with E-state index in [0.717, 1.165) is 34.0 Å². The number of hydrogen-bond donors (Lipinski definition) is 0. The van der Waals surface area contributed by atoms with Gasteiger partial charge in [-0.15, -0.1) is 0 Å². The molecule has 3 nitrogen and oxygen atoms in total. The van der Waals surface area contributed by atoms with Crippen molar-refractivity contribution in [2.75, 3.05) is 9.80 Å². The first-order valence-corrected chi connectivity index (χ1v) is 25.2. The average molecular weight is 889 g/mol. The number of anilines is 5. The summed E-state index contributed by atoms with van der Waals surface area (Å²) in [5.74, 6) is 0.0350. The van der Waals surface area contributed by atoms with Gasteiger partial charge in [-0.05, 0) is 152 Å². The minimum absolute atomic E-state index is 0.00425. The van der Waals surface area contributed by atoms with Gasteiger partial charge in [-0.2, -0.15) is 0 Å². The van der Waals surface area contributed by atoms with Gasteiger partial charge < -0.3 is 14.2 Å². The van der Waals surface area contributed by atoms with E-state index in [4.69, 9.17) is 4.42 Å². The maximum absolute atomic E-state index is 7.00. The zero-order valence-electron chi connectivity index (χ0n) is 42.1. The van der Waals surface area contributed by atoms with E-state index in [1.165, 1.54) is 114 Å². The normalized spacial score (nSPS) is 19.8. The second-order valence-corrected chi connectivity index (χ2v) is 24.5. The van der Waals surface area contributed by atoms with Crippen LogP contribution in [-0.2, 0) is 33.5 Å². The molecule has 0 amide bonds. The summed E-state index contributed by atoms with van der Waals surface area (Å²) >= 11 is 0. The highest BCUT2D eigenvalue weighted by molar-refractivity contribution is 6.12. The Bertz CT molecular complexity index is 3560. The standard InChI is InChI=1S/C65H64N2O/c1-37-30-54-58-55(31-37)67(52-22-17-19-42-41-18-13-16-23-56(41)68-60(42)52)53-36-51-50(64(9,10)47-20-14-15-21-48(47)65(51,11)12)35-44(53)57(58)45-32-38-24-25-39(61(2,3)4)33-43(38)59(45)66(54)40-26-27-46-49(34-40)63(7,8)29-28-62(46,5)6/h13-27,30-31,33-36,57H,28-29,32H2,1-12H3. The number of para-hydroxylation sites is 2. The van der Waals surface area contributed by atoms with Crippen molar-refractivity contribution in [3.63, 3.8) is 0 Å². The number of benzene rings is 7. The molecule has 3 heterocycles. The van der Waals surface area contributed by atoms with Crippen molar-refractivity contribution in [3.8, 4) is 0 Å². The molecular weight excluding hydrogens is 825 g/mol. The molecule has 13 rings (SSSR count). The molecule has 68 heavy (non-hydrogen) atoms. The van der Waals surface area contributed by atoms with Gasteiger partial charge in [0.25, 0.3) is 0 Å². The zero-order valence-corrected chi connectivity index (χ0v) is 42.1. The van der Waals surface area contributed by atoms with Gasteiger partial charge in [0, 0.05) is 44.3 Å². The van der Waals surface area contributed by atoms with Crippen LogP contribution in [0.5, 0.6) is 0 Å². The van der Waals surface area contributed by atoms with Crippen LogP contribution in [0.2, 0.25) is 0 Å². The Labute approximate surface area is 403 Å². The van der Waals surface area contributed by atoms with E-state index in [2.05, 4.69) is 220 Å². The molecule has 3 aliphatic carbocycles. The lowest BCUT2D eigenvalue weighted by Crippen LogP contribution is -2.38. The SMILES string of the molecule is Cc1cc2c3c(c1)N(c1cccc4c1oc1ccccc14)c1cc4c(cc1C3C1=C(c3cc(C(C)(C)C)ccc3C1)N2c1ccc2c(c1)C(C)(C)CCC2(C)C)C(C)(C)c1ccccc1C4(C)C. The molecule has 3 heteroatoms. The number of furan rings is 1. The molecule has 340 valence electrons. The zero-order chi connectivity index (χ0) is 47.2. The first-order valence-electron chi connectivity index (χ1n) is 25.2. The molecule has 0 saturated carbocycles. The van der Waals surface area contributed by atoms with Crippen LogP contribution in [0.25, 0.3) is 27.6 Å². The van der Waals surface area contributed by atoms with Crippen molar-refractivity contribution in [2.45, 2.75) is 135 Å². The third kappa shape index (κ3) is 5.54. The predicted molar refractivity (Wildman–Crippen MR) is 285 cm³/mol. The van der Waals surface area contributed by atoms with Crippen LogP contribution in [0.1, 0.15) is 162 Å². The summed E-state index contributed by atoms with van der Waals surface area (Å²) in [4.78, 5) is 5.31. The molecule has 0 saturated heterocycles. The van der Waals surface area contributed by atoms with E-state index in [9.17, 15) is 0 Å². The van der Waals surface area contributed by atoms with Crippen LogP contribution in [0.3, 0.4) is 0 Å². The summed E-state index contributed by atoms with van der Waals surface area (Å²) in [6.07, 6.45) is 3.27. The molecule has 7 aromatic carbocycles. The summed E-state index contributed by atoms with van der Waals surface area (Å²) in [5, 5.41) is 2.29. The smallest absolute Gasteiger partial charge is 0.159 e. The second kappa shape index (κ2) is 13.5. The molecule has 0 spiro atoms. The lowest BCUT2D eigenvalue weighted by Gasteiger charge is -2.49. The van der Waals surface area contributed by atoms with Crippen LogP contribution < -0.4 is 9.80 Å². The minimum atomic E-state index is -0.221. The van der Waals surface area contributed by atoms with Crippen LogP contribution in [-0.4, -0.2) is 0 Å². The second-order valence-electron chi connectivity index (χ2n) is 24.5. The Morgan fingerprint density at radius 2 is 1.19 bits per heavy atom. The number of nitrogens with zero attached hydrogens (tertiary/aromatic N) is 2. The first-order chi connectivity index (χ1) is 32.3.